The molecule has 0 radical (unpaired) electrons. The van der Waals surface area contributed by atoms with Crippen LogP contribution in [0.2, 0.25) is 0 Å². The molecule has 0 aromatic heterocycles. The minimum absolute atomic E-state index is 0.145. The molecular weight excluding hydrogens is 158 g/mol. The fourth-order valence-electron chi connectivity index (χ4n) is 1.41. The van der Waals surface area contributed by atoms with Gasteiger partial charge in [0, 0.05) is 6.42 Å². The molecule has 0 N–H and O–H groups in total. The van der Waals surface area contributed by atoms with E-state index in [4.69, 9.17) is 5.26 Å². The Labute approximate surface area is 70.1 Å². The van der Waals surface area contributed by atoms with Crippen LogP contribution in [0.4, 0.5) is 0 Å². The van der Waals surface area contributed by atoms with Gasteiger partial charge in [0.15, 0.2) is 5.78 Å². The number of nitrogens with zero attached hydrogens (tertiary/aromatic N) is 1. The number of hydrogen-bond acceptors (Lipinski definition) is 4. The normalized spacial score (nSPS) is 28.2. The van der Waals surface area contributed by atoms with E-state index in [1.54, 1.807) is 0 Å². The fourth-order valence-corrected chi connectivity index (χ4v) is 1.41. The summed E-state index contributed by atoms with van der Waals surface area (Å²) in [6.45, 7) is 0. The van der Waals surface area contributed by atoms with E-state index >= 15 is 0 Å². The number of ketones is 1. The smallest absolute Gasteiger partial charge is 0.310 e. The van der Waals surface area contributed by atoms with Crippen molar-refractivity contribution in [1.82, 2.24) is 0 Å². The predicted molar refractivity (Wildman–Crippen MR) is 38.9 cm³/mol. The molecule has 0 bridgehead atoms. The Morgan fingerprint density at radius 1 is 1.75 bits per heavy atom. The standard InChI is InChI=1S/C8H9NO3/c1-12-8(11)5-2-3-7(10)6(5)4-9/h5-6H,2-3H2,1H3. The number of nitriles is 1. The number of esters is 1. The summed E-state index contributed by atoms with van der Waals surface area (Å²) >= 11 is 0. The zero-order chi connectivity index (χ0) is 9.14. The number of methoxy groups -OCH3 is 1. The van der Waals surface area contributed by atoms with E-state index < -0.39 is 17.8 Å². The number of hydrogen-bond donors (Lipinski definition) is 0. The van der Waals surface area contributed by atoms with Crippen LogP contribution >= 0.6 is 0 Å². The zero-order valence-corrected chi connectivity index (χ0v) is 6.74. The Balaban J connectivity index is 2.75. The molecule has 2 atom stereocenters. The van der Waals surface area contributed by atoms with Gasteiger partial charge < -0.3 is 4.74 Å². The molecule has 4 heteroatoms. The molecule has 2 unspecified atom stereocenters. The summed E-state index contributed by atoms with van der Waals surface area (Å²) in [5.41, 5.74) is 0. The van der Waals surface area contributed by atoms with Gasteiger partial charge >= 0.3 is 5.97 Å². The molecule has 1 aliphatic rings. The molecule has 1 fully saturated rings. The molecule has 0 aromatic rings. The maximum absolute atomic E-state index is 11.0. The summed E-state index contributed by atoms with van der Waals surface area (Å²) in [4.78, 5) is 22.0. The molecule has 1 aliphatic carbocycles. The SMILES string of the molecule is COC(=O)C1CCC(=O)C1C#N. The summed E-state index contributed by atoms with van der Waals surface area (Å²) in [6, 6.07) is 1.83. The molecular formula is C8H9NO3. The first-order valence-electron chi connectivity index (χ1n) is 3.71. The van der Waals surface area contributed by atoms with Crippen molar-refractivity contribution in [1.29, 1.82) is 5.26 Å². The first-order valence-corrected chi connectivity index (χ1v) is 3.71. The fraction of sp³-hybridized carbons (Fsp3) is 0.625. The van der Waals surface area contributed by atoms with Crippen LogP contribution in [0.3, 0.4) is 0 Å². The Kier molecular flexibility index (Phi) is 2.44. The number of carbonyl (C=O) groups is 2. The molecule has 0 amide bonds. The minimum Gasteiger partial charge on any atom is -0.469 e. The van der Waals surface area contributed by atoms with Gasteiger partial charge in [-0.3, -0.25) is 9.59 Å². The van der Waals surface area contributed by atoms with Crippen LogP contribution in [0, 0.1) is 23.2 Å². The largest absolute Gasteiger partial charge is 0.469 e. The lowest BCUT2D eigenvalue weighted by molar-refractivity contribution is -0.146. The highest BCUT2D eigenvalue weighted by Crippen LogP contribution is 2.28. The van der Waals surface area contributed by atoms with Gasteiger partial charge in [0.25, 0.3) is 0 Å². The summed E-state index contributed by atoms with van der Waals surface area (Å²) in [7, 11) is 1.26. The van der Waals surface area contributed by atoms with Crippen LogP contribution in [0.15, 0.2) is 0 Å². The highest BCUT2D eigenvalue weighted by atomic mass is 16.5. The molecule has 64 valence electrons. The minimum atomic E-state index is -0.780. The predicted octanol–water partition coefficient (Wildman–Crippen LogP) is 0.278. The third-order valence-corrected chi connectivity index (χ3v) is 2.09. The maximum atomic E-state index is 11.0. The van der Waals surface area contributed by atoms with Gasteiger partial charge in [-0.15, -0.1) is 0 Å². The quantitative estimate of drug-likeness (QED) is 0.526. The Hall–Kier alpha value is -1.37. The Morgan fingerprint density at radius 3 is 2.92 bits per heavy atom. The van der Waals surface area contributed by atoms with Crippen LogP contribution < -0.4 is 0 Å². The van der Waals surface area contributed by atoms with E-state index in [0.29, 0.717) is 12.8 Å². The van der Waals surface area contributed by atoms with Crippen LogP contribution in [0.1, 0.15) is 12.8 Å². The average Bonchev–Trinajstić information content (AvgIpc) is 2.45. The molecule has 12 heavy (non-hydrogen) atoms. The molecule has 0 heterocycles. The lowest BCUT2D eigenvalue weighted by atomic mass is 9.97. The lowest BCUT2D eigenvalue weighted by Crippen LogP contribution is -2.22. The third kappa shape index (κ3) is 1.30. The average molecular weight is 167 g/mol. The molecule has 0 aromatic carbocycles. The van der Waals surface area contributed by atoms with E-state index in [9.17, 15) is 9.59 Å². The zero-order valence-electron chi connectivity index (χ0n) is 6.74. The summed E-state index contributed by atoms with van der Waals surface area (Å²) in [5.74, 6) is -1.91. The number of carbonyl (C=O) groups excluding carboxylic acids is 2. The molecule has 0 aliphatic heterocycles. The molecule has 0 saturated heterocycles. The Morgan fingerprint density at radius 2 is 2.42 bits per heavy atom. The summed E-state index contributed by atoms with van der Waals surface area (Å²) in [5, 5.41) is 8.57. The summed E-state index contributed by atoms with van der Waals surface area (Å²) in [6.07, 6.45) is 0.766. The molecule has 4 nitrogen and oxygen atoms in total. The number of Topliss-reactive ketones (excluding diaryl/α,β-unsaturated/α-hetero) is 1. The van der Waals surface area contributed by atoms with Gasteiger partial charge in [0.05, 0.1) is 19.1 Å². The van der Waals surface area contributed by atoms with Crippen molar-refractivity contribution < 1.29 is 14.3 Å². The van der Waals surface area contributed by atoms with Crippen molar-refractivity contribution >= 4 is 11.8 Å². The van der Waals surface area contributed by atoms with Gasteiger partial charge in [-0.25, -0.2) is 0 Å². The second-order valence-corrected chi connectivity index (χ2v) is 2.74. The van der Waals surface area contributed by atoms with Gasteiger partial charge in [-0.2, -0.15) is 5.26 Å². The van der Waals surface area contributed by atoms with Crippen molar-refractivity contribution in [3.05, 3.63) is 0 Å². The van der Waals surface area contributed by atoms with E-state index in [-0.39, 0.29) is 5.78 Å². The Bertz CT molecular complexity index is 254. The van der Waals surface area contributed by atoms with E-state index in [1.807, 2.05) is 6.07 Å². The van der Waals surface area contributed by atoms with Crippen molar-refractivity contribution in [3.8, 4) is 6.07 Å². The highest BCUT2D eigenvalue weighted by molar-refractivity contribution is 5.92. The van der Waals surface area contributed by atoms with Crippen molar-refractivity contribution in [2.45, 2.75) is 12.8 Å². The van der Waals surface area contributed by atoms with Crippen LogP contribution in [-0.4, -0.2) is 18.9 Å². The van der Waals surface area contributed by atoms with Gasteiger partial charge in [0.2, 0.25) is 0 Å². The highest BCUT2D eigenvalue weighted by Gasteiger charge is 2.40. The lowest BCUT2D eigenvalue weighted by Gasteiger charge is -2.07. The van der Waals surface area contributed by atoms with E-state index in [1.165, 1.54) is 7.11 Å². The van der Waals surface area contributed by atoms with Crippen molar-refractivity contribution in [3.63, 3.8) is 0 Å². The van der Waals surface area contributed by atoms with Crippen LogP contribution in [-0.2, 0) is 14.3 Å². The number of ether oxygens (including phenoxy) is 1. The number of rotatable bonds is 1. The van der Waals surface area contributed by atoms with E-state index in [0.717, 1.165) is 0 Å². The van der Waals surface area contributed by atoms with Gasteiger partial charge in [-0.05, 0) is 6.42 Å². The topological polar surface area (TPSA) is 67.2 Å². The monoisotopic (exact) mass is 167 g/mol. The first kappa shape index (κ1) is 8.72. The maximum Gasteiger partial charge on any atom is 0.310 e. The second-order valence-electron chi connectivity index (χ2n) is 2.74. The van der Waals surface area contributed by atoms with Crippen LogP contribution in [0.25, 0.3) is 0 Å². The van der Waals surface area contributed by atoms with Gasteiger partial charge in [0.1, 0.15) is 5.92 Å². The summed E-state index contributed by atoms with van der Waals surface area (Å²) < 4.78 is 4.47. The molecule has 1 rings (SSSR count). The van der Waals surface area contributed by atoms with E-state index in [2.05, 4.69) is 4.74 Å². The third-order valence-electron chi connectivity index (χ3n) is 2.09. The molecule has 1 saturated carbocycles. The van der Waals surface area contributed by atoms with Crippen molar-refractivity contribution in [2.75, 3.05) is 7.11 Å². The van der Waals surface area contributed by atoms with Crippen LogP contribution in [0.5, 0.6) is 0 Å². The van der Waals surface area contributed by atoms with Gasteiger partial charge in [-0.1, -0.05) is 0 Å². The first-order chi connectivity index (χ1) is 5.70. The van der Waals surface area contributed by atoms with Crippen molar-refractivity contribution in [2.24, 2.45) is 11.8 Å². The second kappa shape index (κ2) is 3.35. The molecule has 0 spiro atoms.